The van der Waals surface area contributed by atoms with Gasteiger partial charge in [0, 0.05) is 37.5 Å². The van der Waals surface area contributed by atoms with Gasteiger partial charge in [0.2, 0.25) is 0 Å². The molecule has 4 rings (SSSR count). The summed E-state index contributed by atoms with van der Waals surface area (Å²) in [5, 5.41) is 9.76. The van der Waals surface area contributed by atoms with Crippen LogP contribution in [0.4, 0.5) is 13.2 Å². The molecule has 0 aliphatic rings. The lowest BCUT2D eigenvalue weighted by molar-refractivity contribution is 0.0697. The molecule has 0 unspecified atom stereocenters. The van der Waals surface area contributed by atoms with Crippen LogP contribution < -0.4 is 0 Å². The first kappa shape index (κ1) is 19.5. The van der Waals surface area contributed by atoms with E-state index in [2.05, 4.69) is 0 Å². The minimum Gasteiger partial charge on any atom is -0.478 e. The van der Waals surface area contributed by atoms with Crippen molar-refractivity contribution in [2.75, 3.05) is 0 Å². The van der Waals surface area contributed by atoms with E-state index in [0.717, 1.165) is 10.9 Å². The first-order valence-electron chi connectivity index (χ1n) is 8.51. The van der Waals surface area contributed by atoms with Crippen molar-refractivity contribution in [3.63, 3.8) is 0 Å². The van der Waals surface area contributed by atoms with E-state index >= 15 is 0 Å². The van der Waals surface area contributed by atoms with Crippen LogP contribution in [0.25, 0.3) is 21.2 Å². The second-order valence-corrected chi connectivity index (χ2v) is 8.08. The predicted octanol–water partition coefficient (Wildman–Crippen LogP) is 6.93. The molecule has 1 heterocycles. The molecule has 0 aliphatic carbocycles. The molecule has 1 N–H and O–H groups in total. The zero-order valence-electron chi connectivity index (χ0n) is 14.7. The Balaban J connectivity index is 1.84. The predicted molar refractivity (Wildman–Crippen MR) is 108 cm³/mol. The summed E-state index contributed by atoms with van der Waals surface area (Å²) in [6, 6.07) is 12.0. The van der Waals surface area contributed by atoms with Gasteiger partial charge in [-0.1, -0.05) is 11.6 Å². The topological polar surface area (TPSA) is 37.3 Å². The average molecular weight is 433 g/mol. The first-order chi connectivity index (χ1) is 13.8. The van der Waals surface area contributed by atoms with Gasteiger partial charge in [-0.05, 0) is 60.2 Å². The molecule has 0 radical (unpaired) electrons. The molecule has 146 valence electrons. The van der Waals surface area contributed by atoms with Crippen LogP contribution in [-0.2, 0) is 6.42 Å². The maximum atomic E-state index is 14.5. The zero-order valence-corrected chi connectivity index (χ0v) is 16.3. The molecule has 0 spiro atoms. The Morgan fingerprint density at radius 3 is 2.41 bits per heavy atom. The molecule has 0 bridgehead atoms. The average Bonchev–Trinajstić information content (AvgIpc) is 3.06. The molecule has 0 atom stereocenters. The smallest absolute Gasteiger partial charge is 0.335 e. The highest BCUT2D eigenvalue weighted by atomic mass is 35.5. The summed E-state index contributed by atoms with van der Waals surface area (Å²) in [6.07, 6.45) is 0.327. The van der Waals surface area contributed by atoms with Gasteiger partial charge in [0.15, 0.2) is 0 Å². The van der Waals surface area contributed by atoms with Crippen molar-refractivity contribution >= 4 is 39.0 Å². The Kier molecular flexibility index (Phi) is 5.06. The summed E-state index contributed by atoms with van der Waals surface area (Å²) in [5.74, 6) is -2.72. The van der Waals surface area contributed by atoms with Gasteiger partial charge >= 0.3 is 5.97 Å². The Hall–Kier alpha value is -2.83. The fraction of sp³-hybridized carbons (Fsp3) is 0.0455. The lowest BCUT2D eigenvalue weighted by Gasteiger charge is -2.07. The van der Waals surface area contributed by atoms with Crippen LogP contribution in [0.3, 0.4) is 0 Å². The Labute approximate surface area is 172 Å². The number of rotatable bonds is 4. The number of benzene rings is 3. The number of hydrogen-bond donors (Lipinski definition) is 1. The number of hydrogen-bond acceptors (Lipinski definition) is 2. The van der Waals surface area contributed by atoms with Gasteiger partial charge in [-0.25, -0.2) is 18.0 Å². The minimum atomic E-state index is -1.18. The van der Waals surface area contributed by atoms with E-state index in [1.807, 2.05) is 0 Å². The third-order valence-corrected chi connectivity index (χ3v) is 5.87. The zero-order chi connectivity index (χ0) is 20.7. The van der Waals surface area contributed by atoms with Gasteiger partial charge < -0.3 is 5.11 Å². The number of thiophene rings is 1. The normalized spacial score (nSPS) is 11.2. The van der Waals surface area contributed by atoms with Crippen molar-refractivity contribution in [1.82, 2.24) is 0 Å². The number of aromatic carboxylic acids is 1. The van der Waals surface area contributed by atoms with E-state index < -0.39 is 23.4 Å². The van der Waals surface area contributed by atoms with Gasteiger partial charge in [0.25, 0.3) is 0 Å². The third-order valence-electron chi connectivity index (χ3n) is 4.49. The van der Waals surface area contributed by atoms with Gasteiger partial charge in [0.1, 0.15) is 17.5 Å². The van der Waals surface area contributed by atoms with Crippen LogP contribution in [0.1, 0.15) is 20.8 Å². The number of carboxylic acid groups (broad SMARTS) is 1. The molecule has 0 amide bonds. The van der Waals surface area contributed by atoms with E-state index in [-0.39, 0.29) is 16.1 Å². The summed E-state index contributed by atoms with van der Waals surface area (Å²) >= 11 is 7.14. The largest absolute Gasteiger partial charge is 0.478 e. The lowest BCUT2D eigenvalue weighted by atomic mass is 10.0. The van der Waals surface area contributed by atoms with Gasteiger partial charge in [-0.2, -0.15) is 0 Å². The molecule has 29 heavy (non-hydrogen) atoms. The second-order valence-electron chi connectivity index (χ2n) is 6.50. The maximum absolute atomic E-state index is 14.5. The maximum Gasteiger partial charge on any atom is 0.335 e. The van der Waals surface area contributed by atoms with Crippen molar-refractivity contribution in [3.05, 3.63) is 93.1 Å². The fourth-order valence-corrected chi connectivity index (χ4v) is 4.70. The Morgan fingerprint density at radius 2 is 1.69 bits per heavy atom. The summed E-state index contributed by atoms with van der Waals surface area (Å²) < 4.78 is 43.0. The van der Waals surface area contributed by atoms with Crippen molar-refractivity contribution in [3.8, 4) is 11.1 Å². The van der Waals surface area contributed by atoms with E-state index in [4.69, 9.17) is 11.6 Å². The number of carboxylic acids is 1. The van der Waals surface area contributed by atoms with Crippen molar-refractivity contribution < 1.29 is 23.1 Å². The summed E-state index contributed by atoms with van der Waals surface area (Å²) in [4.78, 5) is 12.0. The monoisotopic (exact) mass is 432 g/mol. The van der Waals surface area contributed by atoms with Crippen LogP contribution in [0.5, 0.6) is 0 Å². The molecule has 2 nitrogen and oxygen atoms in total. The van der Waals surface area contributed by atoms with E-state index in [1.165, 1.54) is 47.7 Å². The Bertz CT molecular complexity index is 1250. The van der Waals surface area contributed by atoms with Gasteiger partial charge in [-0.3, -0.25) is 0 Å². The molecular weight excluding hydrogens is 421 g/mol. The van der Waals surface area contributed by atoms with E-state index in [9.17, 15) is 23.1 Å². The highest BCUT2D eigenvalue weighted by Crippen LogP contribution is 2.38. The highest BCUT2D eigenvalue weighted by Gasteiger charge is 2.17. The van der Waals surface area contributed by atoms with Crippen LogP contribution in [0.2, 0.25) is 5.02 Å². The molecule has 1 aromatic heterocycles. The molecule has 4 aromatic rings. The number of fused-ring (bicyclic) bond motifs is 1. The van der Waals surface area contributed by atoms with Crippen LogP contribution in [0, 0.1) is 17.5 Å². The first-order valence-corrected chi connectivity index (χ1v) is 9.70. The van der Waals surface area contributed by atoms with Crippen LogP contribution in [0.15, 0.2) is 54.6 Å². The van der Waals surface area contributed by atoms with Crippen LogP contribution >= 0.6 is 22.9 Å². The van der Waals surface area contributed by atoms with Gasteiger partial charge in [-0.15, -0.1) is 11.3 Å². The molecule has 7 heteroatoms. The molecule has 0 saturated carbocycles. The summed E-state index contributed by atoms with van der Waals surface area (Å²) in [5.41, 5.74) is 1.04. The molecule has 0 fully saturated rings. The van der Waals surface area contributed by atoms with Crippen molar-refractivity contribution in [1.29, 1.82) is 0 Å². The molecular formula is C22H12ClF3O2S. The minimum absolute atomic E-state index is 0.0648. The summed E-state index contributed by atoms with van der Waals surface area (Å²) in [6.45, 7) is 0. The van der Waals surface area contributed by atoms with E-state index in [1.54, 1.807) is 12.1 Å². The summed E-state index contributed by atoms with van der Waals surface area (Å²) in [7, 11) is 0. The third kappa shape index (κ3) is 3.86. The van der Waals surface area contributed by atoms with Crippen molar-refractivity contribution in [2.24, 2.45) is 0 Å². The van der Waals surface area contributed by atoms with E-state index in [0.29, 0.717) is 27.6 Å². The molecule has 0 saturated heterocycles. The van der Waals surface area contributed by atoms with Crippen LogP contribution in [-0.4, -0.2) is 11.1 Å². The number of carbonyl (C=O) groups is 1. The Morgan fingerprint density at radius 1 is 0.931 bits per heavy atom. The SMILES string of the molecule is O=C(O)c1ccc(F)c(-c2ccc(F)c3cc(Cc4cc(F)cc(Cl)c4)sc23)c1. The lowest BCUT2D eigenvalue weighted by Crippen LogP contribution is -1.97. The quantitative estimate of drug-likeness (QED) is 0.379. The standard InChI is InChI=1S/C22H12ClF3O2S/c23-13-5-11(6-14(24)9-13)7-15-10-18-20(26)4-2-16(21(18)29-15)17-8-12(22(27)28)1-3-19(17)25/h1-6,8-10H,7H2,(H,27,28). The highest BCUT2D eigenvalue weighted by molar-refractivity contribution is 7.19. The molecule has 3 aromatic carbocycles. The van der Waals surface area contributed by atoms with Crippen molar-refractivity contribution in [2.45, 2.75) is 6.42 Å². The molecule has 0 aliphatic heterocycles. The van der Waals surface area contributed by atoms with Gasteiger partial charge in [0.05, 0.1) is 5.56 Å². The fourth-order valence-electron chi connectivity index (χ4n) is 3.22. The number of halogens is 4. The second kappa shape index (κ2) is 7.54.